The highest BCUT2D eigenvalue weighted by molar-refractivity contribution is 5.49. The standard InChI is InChI=1S/C4H5FN2O/c5-7-2-1-6(3-7)4-8/h1-2,4H,3H2. The zero-order valence-corrected chi connectivity index (χ0v) is 4.12. The van der Waals surface area contributed by atoms with E-state index < -0.39 is 0 Å². The summed E-state index contributed by atoms with van der Waals surface area (Å²) in [4.78, 5) is 11.0. The summed E-state index contributed by atoms with van der Waals surface area (Å²) in [5, 5.41) is 0.425. The zero-order valence-electron chi connectivity index (χ0n) is 4.12. The van der Waals surface area contributed by atoms with Crippen LogP contribution >= 0.6 is 0 Å². The summed E-state index contributed by atoms with van der Waals surface area (Å²) in [7, 11) is 0. The summed E-state index contributed by atoms with van der Waals surface area (Å²) in [5.41, 5.74) is 0. The normalized spacial score (nSPS) is 17.6. The highest BCUT2D eigenvalue weighted by atomic mass is 19.2. The van der Waals surface area contributed by atoms with Crippen LogP contribution in [-0.2, 0) is 4.79 Å². The molecule has 1 rings (SSSR count). The van der Waals surface area contributed by atoms with Gasteiger partial charge in [-0.1, -0.05) is 4.48 Å². The molecule has 0 N–H and O–H groups in total. The molecule has 1 aliphatic rings. The summed E-state index contributed by atoms with van der Waals surface area (Å²) in [6.45, 7) is 0.0174. The second-order valence-electron chi connectivity index (χ2n) is 1.46. The molecule has 0 aromatic heterocycles. The minimum atomic E-state index is 0.0174. The molecular weight excluding hydrogens is 111 g/mol. The van der Waals surface area contributed by atoms with Crippen LogP contribution in [0.3, 0.4) is 0 Å². The Hall–Kier alpha value is -1.06. The van der Waals surface area contributed by atoms with Gasteiger partial charge in [-0.05, 0) is 0 Å². The molecule has 0 unspecified atom stereocenters. The molecule has 4 heteroatoms. The number of carbonyl (C=O) groups excluding carboxylic acids is 1. The van der Waals surface area contributed by atoms with E-state index in [1.807, 2.05) is 0 Å². The summed E-state index contributed by atoms with van der Waals surface area (Å²) in [5.74, 6) is 0. The van der Waals surface area contributed by atoms with E-state index in [0.29, 0.717) is 11.5 Å². The third-order valence-corrected chi connectivity index (χ3v) is 0.854. The third kappa shape index (κ3) is 0.776. The Bertz CT molecular complexity index is 125. The van der Waals surface area contributed by atoms with Crippen molar-refractivity contribution in [3.63, 3.8) is 0 Å². The van der Waals surface area contributed by atoms with Crippen LogP contribution in [-0.4, -0.2) is 23.1 Å². The molecule has 1 heterocycles. The molecule has 0 radical (unpaired) electrons. The molecule has 3 nitrogen and oxygen atoms in total. The first kappa shape index (κ1) is 5.08. The first-order chi connectivity index (χ1) is 3.83. The summed E-state index contributed by atoms with van der Waals surface area (Å²) < 4.78 is 11.9. The van der Waals surface area contributed by atoms with Gasteiger partial charge in [0.15, 0.2) is 0 Å². The quantitative estimate of drug-likeness (QED) is 0.357. The molecule has 0 fully saturated rings. The lowest BCUT2D eigenvalue weighted by atomic mass is 10.8. The number of hydrogen-bond donors (Lipinski definition) is 0. The van der Waals surface area contributed by atoms with Crippen LogP contribution in [0.25, 0.3) is 0 Å². The van der Waals surface area contributed by atoms with Gasteiger partial charge < -0.3 is 0 Å². The first-order valence-corrected chi connectivity index (χ1v) is 2.15. The van der Waals surface area contributed by atoms with Crippen molar-refractivity contribution in [1.82, 2.24) is 10.0 Å². The molecule has 0 saturated heterocycles. The van der Waals surface area contributed by atoms with E-state index >= 15 is 0 Å². The number of hydrogen-bond acceptors (Lipinski definition) is 2. The van der Waals surface area contributed by atoms with Gasteiger partial charge in [0.1, 0.15) is 6.67 Å². The van der Waals surface area contributed by atoms with Gasteiger partial charge in [0.25, 0.3) is 0 Å². The second-order valence-corrected chi connectivity index (χ2v) is 1.46. The second kappa shape index (κ2) is 1.81. The van der Waals surface area contributed by atoms with Crippen molar-refractivity contribution in [2.75, 3.05) is 6.67 Å². The van der Waals surface area contributed by atoms with Crippen molar-refractivity contribution in [2.24, 2.45) is 0 Å². The predicted octanol–water partition coefficient (Wildman–Crippen LogP) is 0.0736. The molecule has 1 aliphatic heterocycles. The Labute approximate surface area is 45.9 Å². The van der Waals surface area contributed by atoms with Gasteiger partial charge in [-0.25, -0.2) is 0 Å². The van der Waals surface area contributed by atoms with E-state index in [1.54, 1.807) is 0 Å². The van der Waals surface area contributed by atoms with E-state index in [0.717, 1.165) is 0 Å². The average Bonchev–Trinajstić information content (AvgIpc) is 2.14. The van der Waals surface area contributed by atoms with Gasteiger partial charge in [-0.3, -0.25) is 9.69 Å². The molecule has 0 aromatic carbocycles. The minimum Gasteiger partial charge on any atom is -0.299 e. The smallest absolute Gasteiger partial charge is 0.215 e. The van der Waals surface area contributed by atoms with E-state index in [1.165, 1.54) is 17.3 Å². The molecule has 0 spiro atoms. The molecular formula is C4H5FN2O. The van der Waals surface area contributed by atoms with E-state index in [-0.39, 0.29) is 6.67 Å². The molecule has 0 saturated carbocycles. The Morgan fingerprint density at radius 3 is 2.62 bits per heavy atom. The topological polar surface area (TPSA) is 23.6 Å². The number of amides is 1. The molecule has 0 aliphatic carbocycles. The van der Waals surface area contributed by atoms with Crippen molar-refractivity contribution in [3.8, 4) is 0 Å². The van der Waals surface area contributed by atoms with Gasteiger partial charge >= 0.3 is 0 Å². The van der Waals surface area contributed by atoms with Crippen LogP contribution in [0.5, 0.6) is 0 Å². The van der Waals surface area contributed by atoms with Crippen molar-refractivity contribution < 1.29 is 9.28 Å². The lowest BCUT2D eigenvalue weighted by Gasteiger charge is -2.04. The SMILES string of the molecule is O=CN1C=CN(F)C1. The molecule has 8 heavy (non-hydrogen) atoms. The molecule has 0 atom stereocenters. The van der Waals surface area contributed by atoms with Gasteiger partial charge in [-0.2, -0.15) is 5.12 Å². The lowest BCUT2D eigenvalue weighted by molar-refractivity contribution is -0.117. The predicted molar refractivity (Wildman–Crippen MR) is 24.9 cm³/mol. The summed E-state index contributed by atoms with van der Waals surface area (Å²) in [6.07, 6.45) is 3.12. The van der Waals surface area contributed by atoms with Crippen LogP contribution in [0.1, 0.15) is 0 Å². The fourth-order valence-corrected chi connectivity index (χ4v) is 0.477. The summed E-state index contributed by atoms with van der Waals surface area (Å²) >= 11 is 0. The van der Waals surface area contributed by atoms with Crippen LogP contribution in [0.15, 0.2) is 12.4 Å². The monoisotopic (exact) mass is 116 g/mol. The fraction of sp³-hybridized carbons (Fsp3) is 0.250. The molecule has 0 aromatic rings. The van der Waals surface area contributed by atoms with Crippen molar-refractivity contribution in [2.45, 2.75) is 0 Å². The van der Waals surface area contributed by atoms with Crippen molar-refractivity contribution in [1.29, 1.82) is 0 Å². The number of nitrogens with zero attached hydrogens (tertiary/aromatic N) is 2. The highest BCUT2D eigenvalue weighted by Crippen LogP contribution is 2.02. The lowest BCUT2D eigenvalue weighted by Crippen LogP contribution is -2.17. The van der Waals surface area contributed by atoms with Crippen LogP contribution in [0.2, 0.25) is 0 Å². The average molecular weight is 116 g/mol. The first-order valence-electron chi connectivity index (χ1n) is 2.15. The fourth-order valence-electron chi connectivity index (χ4n) is 0.477. The number of rotatable bonds is 1. The van der Waals surface area contributed by atoms with Crippen molar-refractivity contribution >= 4 is 6.41 Å². The van der Waals surface area contributed by atoms with Gasteiger partial charge in [0.05, 0.1) is 6.20 Å². The maximum absolute atomic E-state index is 11.9. The van der Waals surface area contributed by atoms with E-state index in [2.05, 4.69) is 0 Å². The highest BCUT2D eigenvalue weighted by Gasteiger charge is 2.07. The Balaban J connectivity index is 2.45. The molecule has 44 valence electrons. The molecule has 0 bridgehead atoms. The van der Waals surface area contributed by atoms with E-state index in [9.17, 15) is 9.28 Å². The maximum Gasteiger partial charge on any atom is 0.215 e. The van der Waals surface area contributed by atoms with Crippen LogP contribution < -0.4 is 0 Å². The number of carbonyl (C=O) groups is 1. The zero-order chi connectivity index (χ0) is 5.98. The molecule has 1 amide bonds. The van der Waals surface area contributed by atoms with Crippen LogP contribution in [0, 0.1) is 0 Å². The Morgan fingerprint density at radius 1 is 1.62 bits per heavy atom. The van der Waals surface area contributed by atoms with Gasteiger partial charge in [0.2, 0.25) is 6.41 Å². The van der Waals surface area contributed by atoms with Gasteiger partial charge in [-0.15, -0.1) is 0 Å². The van der Waals surface area contributed by atoms with Crippen LogP contribution in [0.4, 0.5) is 4.48 Å². The minimum absolute atomic E-state index is 0.0174. The Morgan fingerprint density at radius 2 is 2.38 bits per heavy atom. The summed E-state index contributed by atoms with van der Waals surface area (Å²) in [6, 6.07) is 0. The third-order valence-electron chi connectivity index (χ3n) is 0.854. The largest absolute Gasteiger partial charge is 0.299 e. The van der Waals surface area contributed by atoms with E-state index in [4.69, 9.17) is 0 Å². The Kier molecular flexibility index (Phi) is 1.15. The van der Waals surface area contributed by atoms with Crippen molar-refractivity contribution in [3.05, 3.63) is 12.4 Å². The number of halogens is 1. The maximum atomic E-state index is 11.9. The van der Waals surface area contributed by atoms with Gasteiger partial charge in [0, 0.05) is 6.20 Å².